The number of anilines is 1. The molecule has 0 saturated heterocycles. The molecule has 3 aromatic carbocycles. The summed E-state index contributed by atoms with van der Waals surface area (Å²) >= 11 is 7.35. The van der Waals surface area contributed by atoms with Crippen molar-refractivity contribution in [2.75, 3.05) is 5.01 Å². The lowest BCUT2D eigenvalue weighted by atomic mass is 9.94. The van der Waals surface area contributed by atoms with Crippen LogP contribution >= 0.6 is 23.4 Å². The number of para-hydroxylation sites is 1. The maximum atomic E-state index is 10.2. The highest BCUT2D eigenvalue weighted by molar-refractivity contribution is 8.18. The predicted molar refractivity (Wildman–Crippen MR) is 132 cm³/mol. The SMILES string of the molecule is N#CC(C#N)=C(/C(C#N)=C1/SC(c2ccc(Cl)cc2)=NN1c1ccccc1)c1ccccc1. The summed E-state index contributed by atoms with van der Waals surface area (Å²) in [7, 11) is 0. The molecule has 33 heavy (non-hydrogen) atoms. The van der Waals surface area contributed by atoms with Crippen LogP contribution in [0, 0.1) is 34.0 Å². The number of benzene rings is 3. The minimum absolute atomic E-state index is 0.140. The summed E-state index contributed by atoms with van der Waals surface area (Å²) in [5.74, 6) is 0. The first-order valence-electron chi connectivity index (χ1n) is 9.78. The first-order valence-corrected chi connectivity index (χ1v) is 11.0. The number of hydrogen-bond acceptors (Lipinski definition) is 6. The van der Waals surface area contributed by atoms with Crippen molar-refractivity contribution in [3.05, 3.63) is 117 Å². The molecule has 0 aromatic heterocycles. The molecular weight excluding hydrogens is 450 g/mol. The Balaban J connectivity index is 1.96. The molecule has 3 aromatic rings. The summed E-state index contributed by atoms with van der Waals surface area (Å²) in [5, 5.41) is 37.8. The monoisotopic (exact) mass is 463 g/mol. The summed E-state index contributed by atoms with van der Waals surface area (Å²) in [6, 6.07) is 31.8. The molecule has 0 fully saturated rings. The van der Waals surface area contributed by atoms with E-state index in [1.54, 1.807) is 41.4 Å². The molecule has 0 bridgehead atoms. The van der Waals surface area contributed by atoms with Crippen molar-refractivity contribution in [3.8, 4) is 18.2 Å². The van der Waals surface area contributed by atoms with Gasteiger partial charge in [0.15, 0.2) is 0 Å². The Labute approximate surface area is 200 Å². The van der Waals surface area contributed by atoms with Crippen LogP contribution in [0.5, 0.6) is 0 Å². The van der Waals surface area contributed by atoms with E-state index in [0.29, 0.717) is 20.7 Å². The van der Waals surface area contributed by atoms with Crippen LogP contribution < -0.4 is 5.01 Å². The highest BCUT2D eigenvalue weighted by Crippen LogP contribution is 2.42. The Kier molecular flexibility index (Phi) is 6.58. The molecule has 0 radical (unpaired) electrons. The molecule has 4 rings (SSSR count). The molecule has 1 aliphatic heterocycles. The Bertz CT molecular complexity index is 1390. The fourth-order valence-corrected chi connectivity index (χ4v) is 4.44. The van der Waals surface area contributed by atoms with Crippen LogP contribution in [-0.2, 0) is 0 Å². The predicted octanol–water partition coefficient (Wildman–Crippen LogP) is 6.49. The minimum Gasteiger partial charge on any atom is -0.224 e. The first kappa shape index (κ1) is 21.9. The summed E-state index contributed by atoms with van der Waals surface area (Å²) < 4.78 is 0. The van der Waals surface area contributed by atoms with E-state index in [2.05, 4.69) is 6.07 Å². The minimum atomic E-state index is -0.140. The number of halogens is 1. The van der Waals surface area contributed by atoms with E-state index in [-0.39, 0.29) is 16.7 Å². The Morgan fingerprint density at radius 1 is 0.788 bits per heavy atom. The number of thioether (sulfide) groups is 1. The fourth-order valence-electron chi connectivity index (χ4n) is 3.27. The Morgan fingerprint density at radius 2 is 1.39 bits per heavy atom. The molecule has 7 heteroatoms. The smallest absolute Gasteiger partial charge is 0.138 e. The van der Waals surface area contributed by atoms with Gasteiger partial charge in [0.25, 0.3) is 0 Å². The molecule has 1 heterocycles. The van der Waals surface area contributed by atoms with E-state index >= 15 is 0 Å². The molecule has 0 amide bonds. The molecule has 0 N–H and O–H groups in total. The van der Waals surface area contributed by atoms with Gasteiger partial charge in [-0.15, -0.1) is 0 Å². The highest BCUT2D eigenvalue weighted by atomic mass is 35.5. The highest BCUT2D eigenvalue weighted by Gasteiger charge is 2.30. The molecule has 1 aliphatic rings. The van der Waals surface area contributed by atoms with Crippen LogP contribution in [-0.4, -0.2) is 5.04 Å². The second-order valence-electron chi connectivity index (χ2n) is 6.79. The van der Waals surface area contributed by atoms with Gasteiger partial charge in [-0.1, -0.05) is 72.3 Å². The third kappa shape index (κ3) is 4.52. The average Bonchev–Trinajstić information content (AvgIpc) is 3.31. The lowest BCUT2D eigenvalue weighted by molar-refractivity contribution is 1.07. The van der Waals surface area contributed by atoms with E-state index in [1.807, 2.05) is 60.7 Å². The van der Waals surface area contributed by atoms with Gasteiger partial charge >= 0.3 is 0 Å². The standard InChI is InChI=1S/C26H14ClN5S/c27-21-13-11-19(12-14-21)25-31-32(22-9-5-2-6-10-22)26(33-25)23(17-30)24(20(15-28)16-29)18-7-3-1-4-8-18/h1-14H/b26-23+. The van der Waals surface area contributed by atoms with Crippen LogP contribution in [0.3, 0.4) is 0 Å². The van der Waals surface area contributed by atoms with Crippen LogP contribution in [0.15, 0.2) is 106 Å². The van der Waals surface area contributed by atoms with Crippen molar-refractivity contribution in [2.24, 2.45) is 5.10 Å². The first-order chi connectivity index (χ1) is 16.2. The van der Waals surface area contributed by atoms with E-state index < -0.39 is 0 Å². The molecule has 0 atom stereocenters. The quantitative estimate of drug-likeness (QED) is 0.412. The number of nitriles is 3. The zero-order valence-electron chi connectivity index (χ0n) is 17.1. The Hall–Kier alpha value is -4.28. The van der Waals surface area contributed by atoms with Gasteiger partial charge in [-0.2, -0.15) is 20.9 Å². The van der Waals surface area contributed by atoms with E-state index in [1.165, 1.54) is 11.8 Å². The van der Waals surface area contributed by atoms with Crippen molar-refractivity contribution in [1.82, 2.24) is 0 Å². The van der Waals surface area contributed by atoms with Gasteiger partial charge in [-0.3, -0.25) is 0 Å². The lowest BCUT2D eigenvalue weighted by Crippen LogP contribution is -2.12. The van der Waals surface area contributed by atoms with Crippen molar-refractivity contribution in [2.45, 2.75) is 0 Å². The zero-order valence-corrected chi connectivity index (χ0v) is 18.7. The molecule has 0 saturated carbocycles. The van der Waals surface area contributed by atoms with Gasteiger partial charge in [-0.05, 0) is 41.6 Å². The molecule has 156 valence electrons. The zero-order chi connectivity index (χ0) is 23.2. The van der Waals surface area contributed by atoms with Crippen molar-refractivity contribution < 1.29 is 0 Å². The topological polar surface area (TPSA) is 87.0 Å². The van der Waals surface area contributed by atoms with Gasteiger partial charge in [0.05, 0.1) is 11.3 Å². The van der Waals surface area contributed by atoms with Gasteiger partial charge in [-0.25, -0.2) is 5.01 Å². The molecule has 0 aliphatic carbocycles. The number of nitrogens with zero attached hydrogens (tertiary/aromatic N) is 5. The van der Waals surface area contributed by atoms with Gasteiger partial charge in [0.2, 0.25) is 0 Å². The Morgan fingerprint density at radius 3 is 1.97 bits per heavy atom. The second-order valence-corrected chi connectivity index (χ2v) is 8.21. The third-order valence-corrected chi connectivity index (χ3v) is 6.11. The average molecular weight is 464 g/mol. The molecular formula is C26H14ClN5S. The van der Waals surface area contributed by atoms with Crippen molar-refractivity contribution in [1.29, 1.82) is 15.8 Å². The van der Waals surface area contributed by atoms with Crippen LogP contribution in [0.25, 0.3) is 5.57 Å². The summed E-state index contributed by atoms with van der Waals surface area (Å²) in [4.78, 5) is 0. The molecule has 5 nitrogen and oxygen atoms in total. The maximum absolute atomic E-state index is 10.2. The third-order valence-electron chi connectivity index (χ3n) is 4.78. The number of hydrogen-bond donors (Lipinski definition) is 0. The summed E-state index contributed by atoms with van der Waals surface area (Å²) in [5.41, 5.74) is 2.52. The number of allylic oxidation sites excluding steroid dienone is 3. The van der Waals surface area contributed by atoms with E-state index in [9.17, 15) is 15.8 Å². The van der Waals surface area contributed by atoms with Gasteiger partial charge in [0, 0.05) is 16.2 Å². The molecule has 0 spiro atoms. The van der Waals surface area contributed by atoms with Gasteiger partial charge < -0.3 is 0 Å². The van der Waals surface area contributed by atoms with Crippen LogP contribution in [0.2, 0.25) is 5.02 Å². The van der Waals surface area contributed by atoms with E-state index in [4.69, 9.17) is 16.7 Å². The van der Waals surface area contributed by atoms with Crippen molar-refractivity contribution in [3.63, 3.8) is 0 Å². The van der Waals surface area contributed by atoms with Crippen LogP contribution in [0.1, 0.15) is 11.1 Å². The van der Waals surface area contributed by atoms with Crippen molar-refractivity contribution >= 4 is 39.7 Å². The van der Waals surface area contributed by atoms with E-state index in [0.717, 1.165) is 11.3 Å². The summed E-state index contributed by atoms with van der Waals surface area (Å²) in [6.45, 7) is 0. The van der Waals surface area contributed by atoms with Gasteiger partial charge in [0.1, 0.15) is 33.9 Å². The second kappa shape index (κ2) is 9.90. The normalized spacial score (nSPS) is 13.9. The molecule has 0 unspecified atom stereocenters. The number of rotatable bonds is 4. The maximum Gasteiger partial charge on any atom is 0.138 e. The number of hydrazone groups is 1. The largest absolute Gasteiger partial charge is 0.224 e. The van der Waals surface area contributed by atoms with Crippen LogP contribution in [0.4, 0.5) is 5.69 Å². The fraction of sp³-hybridized carbons (Fsp3) is 0. The lowest BCUT2D eigenvalue weighted by Gasteiger charge is -2.18. The summed E-state index contributed by atoms with van der Waals surface area (Å²) in [6.07, 6.45) is 0.